The van der Waals surface area contributed by atoms with Gasteiger partial charge in [0.15, 0.2) is 0 Å². The Bertz CT molecular complexity index is 688. The summed E-state index contributed by atoms with van der Waals surface area (Å²) in [6.45, 7) is 3.53. The highest BCUT2D eigenvalue weighted by Gasteiger charge is 2.17. The number of hydrogen-bond donors (Lipinski definition) is 2. The molecule has 2 rings (SSSR count). The first kappa shape index (κ1) is 15.5. The highest BCUT2D eigenvalue weighted by Crippen LogP contribution is 2.24. The molecule has 2 aromatic rings. The molecule has 2 aromatic carbocycles. The van der Waals surface area contributed by atoms with Crippen molar-refractivity contribution in [3.63, 3.8) is 0 Å². The number of nitrogens with two attached hydrogens (primary N) is 1. The van der Waals surface area contributed by atoms with Gasteiger partial charge in [-0.15, -0.1) is 0 Å². The van der Waals surface area contributed by atoms with E-state index in [2.05, 4.69) is 21.2 Å². The summed E-state index contributed by atoms with van der Waals surface area (Å²) in [5, 5.41) is 2.79. The number of carbonyl (C=O) groups is 1. The van der Waals surface area contributed by atoms with Crippen LogP contribution < -0.4 is 11.1 Å². The van der Waals surface area contributed by atoms with Crippen LogP contribution in [0, 0.1) is 12.7 Å². The Hall–Kier alpha value is -1.88. The van der Waals surface area contributed by atoms with E-state index in [1.807, 2.05) is 0 Å². The summed E-state index contributed by atoms with van der Waals surface area (Å²) in [5.41, 5.74) is 8.02. The number of rotatable bonds is 3. The molecule has 0 saturated heterocycles. The first-order valence-corrected chi connectivity index (χ1v) is 7.30. The van der Waals surface area contributed by atoms with Crippen molar-refractivity contribution in [1.82, 2.24) is 5.32 Å². The number of anilines is 1. The summed E-state index contributed by atoms with van der Waals surface area (Å²) in [6, 6.07) is 9.40. The lowest BCUT2D eigenvalue weighted by Crippen LogP contribution is -2.28. The average Bonchev–Trinajstić information content (AvgIpc) is 2.43. The summed E-state index contributed by atoms with van der Waals surface area (Å²) in [5.74, 6) is -0.618. The lowest BCUT2D eigenvalue weighted by molar-refractivity contribution is 0.0938. The maximum absolute atomic E-state index is 13.7. The average molecular weight is 351 g/mol. The number of nitrogen functional groups attached to an aromatic ring is 1. The minimum Gasteiger partial charge on any atom is -0.398 e. The van der Waals surface area contributed by atoms with E-state index in [0.29, 0.717) is 22.4 Å². The van der Waals surface area contributed by atoms with Crippen LogP contribution in [0.1, 0.15) is 34.5 Å². The Morgan fingerprint density at radius 1 is 1.33 bits per heavy atom. The van der Waals surface area contributed by atoms with E-state index in [1.165, 1.54) is 6.07 Å². The fraction of sp³-hybridized carbons (Fsp3) is 0.188. The molecule has 3 N–H and O–H groups in total. The van der Waals surface area contributed by atoms with E-state index in [9.17, 15) is 9.18 Å². The van der Waals surface area contributed by atoms with Gasteiger partial charge in [-0.1, -0.05) is 34.1 Å². The number of hydrogen-bond acceptors (Lipinski definition) is 2. The minimum absolute atomic E-state index is 0.281. The molecule has 0 heterocycles. The molecule has 0 aliphatic heterocycles. The molecular formula is C16H16BrFN2O. The second-order valence-electron chi connectivity index (χ2n) is 4.88. The fourth-order valence-corrected chi connectivity index (χ4v) is 2.59. The lowest BCUT2D eigenvalue weighted by Gasteiger charge is -2.16. The topological polar surface area (TPSA) is 55.1 Å². The molecule has 0 bridgehead atoms. The number of carbonyl (C=O) groups excluding carboxylic acids is 1. The van der Waals surface area contributed by atoms with Crippen molar-refractivity contribution in [3.8, 4) is 0 Å². The molecule has 0 aliphatic rings. The van der Waals surface area contributed by atoms with Gasteiger partial charge < -0.3 is 11.1 Å². The van der Waals surface area contributed by atoms with Crippen molar-refractivity contribution in [2.24, 2.45) is 0 Å². The van der Waals surface area contributed by atoms with Crippen LogP contribution in [0.15, 0.2) is 40.9 Å². The maximum Gasteiger partial charge on any atom is 0.252 e. The van der Waals surface area contributed by atoms with E-state index in [-0.39, 0.29) is 11.7 Å². The zero-order chi connectivity index (χ0) is 15.6. The molecule has 21 heavy (non-hydrogen) atoms. The molecule has 0 aromatic heterocycles. The van der Waals surface area contributed by atoms with Gasteiger partial charge in [-0.05, 0) is 37.6 Å². The van der Waals surface area contributed by atoms with E-state index < -0.39 is 6.04 Å². The summed E-state index contributed by atoms with van der Waals surface area (Å²) >= 11 is 3.32. The number of amides is 1. The summed E-state index contributed by atoms with van der Waals surface area (Å²) < 4.78 is 14.5. The Balaban J connectivity index is 2.25. The monoisotopic (exact) mass is 350 g/mol. The second-order valence-corrected chi connectivity index (χ2v) is 5.80. The summed E-state index contributed by atoms with van der Waals surface area (Å²) in [6.07, 6.45) is 0. The second kappa shape index (κ2) is 6.26. The van der Waals surface area contributed by atoms with E-state index in [0.717, 1.165) is 4.47 Å². The zero-order valence-corrected chi connectivity index (χ0v) is 13.4. The first-order chi connectivity index (χ1) is 9.90. The minimum atomic E-state index is -0.432. The maximum atomic E-state index is 13.7. The molecule has 0 saturated carbocycles. The van der Waals surface area contributed by atoms with Crippen LogP contribution in [-0.2, 0) is 0 Å². The third-order valence-corrected chi connectivity index (χ3v) is 3.83. The first-order valence-electron chi connectivity index (χ1n) is 6.51. The van der Waals surface area contributed by atoms with Crippen LogP contribution in [0.4, 0.5) is 10.1 Å². The van der Waals surface area contributed by atoms with Gasteiger partial charge in [-0.3, -0.25) is 4.79 Å². The van der Waals surface area contributed by atoms with Crippen molar-refractivity contribution >= 4 is 27.5 Å². The van der Waals surface area contributed by atoms with Crippen molar-refractivity contribution < 1.29 is 9.18 Å². The van der Waals surface area contributed by atoms with Gasteiger partial charge in [0, 0.05) is 21.3 Å². The van der Waals surface area contributed by atoms with Gasteiger partial charge in [-0.2, -0.15) is 0 Å². The van der Waals surface area contributed by atoms with E-state index >= 15 is 0 Å². The van der Waals surface area contributed by atoms with Crippen LogP contribution in [0.2, 0.25) is 0 Å². The Morgan fingerprint density at radius 3 is 2.67 bits per heavy atom. The van der Waals surface area contributed by atoms with E-state index in [4.69, 9.17) is 5.73 Å². The highest BCUT2D eigenvalue weighted by molar-refractivity contribution is 9.10. The van der Waals surface area contributed by atoms with Gasteiger partial charge >= 0.3 is 0 Å². The molecule has 0 aliphatic carbocycles. The van der Waals surface area contributed by atoms with Crippen LogP contribution in [0.5, 0.6) is 0 Å². The van der Waals surface area contributed by atoms with Crippen LogP contribution in [-0.4, -0.2) is 5.91 Å². The van der Waals surface area contributed by atoms with Gasteiger partial charge in [-0.25, -0.2) is 4.39 Å². The molecule has 1 atom stereocenters. The van der Waals surface area contributed by atoms with Crippen molar-refractivity contribution in [2.75, 3.05) is 5.73 Å². The predicted molar refractivity (Wildman–Crippen MR) is 85.6 cm³/mol. The molecule has 5 heteroatoms. The van der Waals surface area contributed by atoms with Crippen LogP contribution in [0.3, 0.4) is 0 Å². The molecule has 0 spiro atoms. The Morgan fingerprint density at radius 2 is 2.00 bits per heavy atom. The molecule has 1 unspecified atom stereocenters. The van der Waals surface area contributed by atoms with Crippen LogP contribution >= 0.6 is 15.9 Å². The third-order valence-electron chi connectivity index (χ3n) is 3.38. The normalized spacial score (nSPS) is 12.0. The molecule has 1 amide bonds. The van der Waals surface area contributed by atoms with Gasteiger partial charge in [0.25, 0.3) is 5.91 Å². The quantitative estimate of drug-likeness (QED) is 0.823. The van der Waals surface area contributed by atoms with Crippen LogP contribution in [0.25, 0.3) is 0 Å². The van der Waals surface area contributed by atoms with Gasteiger partial charge in [0.2, 0.25) is 0 Å². The van der Waals surface area contributed by atoms with Gasteiger partial charge in [0.05, 0.1) is 6.04 Å². The molecule has 110 valence electrons. The molecular weight excluding hydrogens is 335 g/mol. The zero-order valence-electron chi connectivity index (χ0n) is 11.8. The standard InChI is InChI=1S/C16H16BrFN2O/c1-9-13(7-11(17)8-15(9)19)16(21)20-10(2)12-5-3-4-6-14(12)18/h3-8,10H,19H2,1-2H3,(H,20,21). The number of halogens is 2. The van der Waals surface area contributed by atoms with Crippen molar-refractivity contribution in [1.29, 1.82) is 0 Å². The smallest absolute Gasteiger partial charge is 0.252 e. The van der Waals surface area contributed by atoms with Crippen molar-refractivity contribution in [3.05, 3.63) is 63.4 Å². The van der Waals surface area contributed by atoms with Gasteiger partial charge in [0.1, 0.15) is 5.82 Å². The van der Waals surface area contributed by atoms with E-state index in [1.54, 1.807) is 44.2 Å². The number of nitrogens with one attached hydrogen (secondary N) is 1. The summed E-state index contributed by atoms with van der Waals surface area (Å²) in [4.78, 5) is 12.4. The molecule has 0 radical (unpaired) electrons. The third kappa shape index (κ3) is 3.42. The Labute approximate surface area is 131 Å². The molecule has 3 nitrogen and oxygen atoms in total. The Kier molecular flexibility index (Phi) is 4.63. The SMILES string of the molecule is Cc1c(N)cc(Br)cc1C(=O)NC(C)c1ccccc1F. The number of benzene rings is 2. The predicted octanol–water partition coefficient (Wildman–Crippen LogP) is 3.97. The van der Waals surface area contributed by atoms with Crippen molar-refractivity contribution in [2.45, 2.75) is 19.9 Å². The molecule has 0 fully saturated rings. The largest absolute Gasteiger partial charge is 0.398 e. The lowest BCUT2D eigenvalue weighted by atomic mass is 10.0. The summed E-state index contributed by atoms with van der Waals surface area (Å²) in [7, 11) is 0. The highest BCUT2D eigenvalue weighted by atomic mass is 79.9. The fourth-order valence-electron chi connectivity index (χ4n) is 2.11.